The average Bonchev–Trinajstić information content (AvgIpc) is 2.30. The molecule has 4 heteroatoms. The van der Waals surface area contributed by atoms with Gasteiger partial charge >= 0.3 is 0 Å². The third-order valence-corrected chi connectivity index (χ3v) is 3.10. The number of thioether (sulfide) groups is 1. The van der Waals surface area contributed by atoms with Crippen LogP contribution in [0.5, 0.6) is 5.75 Å². The molecular weight excluding hydrogens is 220 g/mol. The minimum Gasteiger partial charge on any atom is -0.508 e. The smallest absolute Gasteiger partial charge is 0.115 e. The number of benzene rings is 1. The van der Waals surface area contributed by atoms with Gasteiger partial charge in [-0.25, -0.2) is 4.98 Å². The molecule has 0 atom stereocenters. The zero-order valence-corrected chi connectivity index (χ0v) is 9.45. The van der Waals surface area contributed by atoms with Gasteiger partial charge in [0.1, 0.15) is 5.75 Å². The van der Waals surface area contributed by atoms with Gasteiger partial charge in [0.2, 0.25) is 0 Å². The van der Waals surface area contributed by atoms with Gasteiger partial charge in [-0.2, -0.15) is 0 Å². The van der Waals surface area contributed by atoms with E-state index in [1.54, 1.807) is 30.1 Å². The summed E-state index contributed by atoms with van der Waals surface area (Å²) in [7, 11) is 0. The lowest BCUT2D eigenvalue weighted by molar-refractivity contribution is 0.475. The molecule has 2 rings (SSSR count). The second kappa shape index (κ2) is 4.90. The quantitative estimate of drug-likeness (QED) is 0.799. The Kier molecular flexibility index (Phi) is 3.31. The second-order valence-electron chi connectivity index (χ2n) is 3.38. The Balaban J connectivity index is 1.97. The summed E-state index contributed by atoms with van der Waals surface area (Å²) in [6.07, 6.45) is 1.65. The van der Waals surface area contributed by atoms with E-state index in [1.165, 1.54) is 0 Å². The van der Waals surface area contributed by atoms with E-state index in [0.717, 1.165) is 16.3 Å². The van der Waals surface area contributed by atoms with Crippen molar-refractivity contribution < 1.29 is 5.11 Å². The maximum absolute atomic E-state index is 9.14. The van der Waals surface area contributed by atoms with Crippen LogP contribution in [0.15, 0.2) is 47.6 Å². The lowest BCUT2D eigenvalue weighted by atomic mass is 10.2. The SMILES string of the molecule is Nc1ccc(SCc2ccc(O)cc2)nc1. The number of hydrogen-bond acceptors (Lipinski definition) is 4. The summed E-state index contributed by atoms with van der Waals surface area (Å²) in [5.41, 5.74) is 7.38. The minimum absolute atomic E-state index is 0.291. The first-order valence-corrected chi connectivity index (χ1v) is 5.85. The fraction of sp³-hybridized carbons (Fsp3) is 0.0833. The van der Waals surface area contributed by atoms with Crippen LogP contribution in [0.3, 0.4) is 0 Å². The molecule has 0 spiro atoms. The number of nitrogen functional groups attached to an aromatic ring is 1. The van der Waals surface area contributed by atoms with Gasteiger partial charge in [-0.05, 0) is 29.8 Å². The highest BCUT2D eigenvalue weighted by Crippen LogP contribution is 2.22. The number of anilines is 1. The molecule has 3 nitrogen and oxygen atoms in total. The molecule has 0 fully saturated rings. The van der Waals surface area contributed by atoms with Crippen LogP contribution >= 0.6 is 11.8 Å². The Morgan fingerprint density at radius 1 is 1.12 bits per heavy atom. The first-order valence-electron chi connectivity index (χ1n) is 4.86. The van der Waals surface area contributed by atoms with Gasteiger partial charge < -0.3 is 10.8 Å². The maximum Gasteiger partial charge on any atom is 0.115 e. The van der Waals surface area contributed by atoms with Crippen molar-refractivity contribution in [2.24, 2.45) is 0 Å². The van der Waals surface area contributed by atoms with Gasteiger partial charge in [0.25, 0.3) is 0 Å². The number of nitrogens with zero attached hydrogens (tertiary/aromatic N) is 1. The largest absolute Gasteiger partial charge is 0.508 e. The van der Waals surface area contributed by atoms with Crippen LogP contribution in [0.25, 0.3) is 0 Å². The highest BCUT2D eigenvalue weighted by atomic mass is 32.2. The second-order valence-corrected chi connectivity index (χ2v) is 4.38. The molecule has 0 aliphatic heterocycles. The lowest BCUT2D eigenvalue weighted by Crippen LogP contribution is -1.87. The molecule has 0 bridgehead atoms. The Bertz CT molecular complexity index is 408. The first kappa shape index (κ1) is 10.8. The summed E-state index contributed by atoms with van der Waals surface area (Å²) >= 11 is 1.64. The number of phenolic OH excluding ortho intramolecular Hbond substituents is 1. The number of pyridine rings is 1. The molecule has 0 saturated carbocycles. The monoisotopic (exact) mass is 232 g/mol. The number of phenols is 1. The van der Waals surface area contributed by atoms with Crippen molar-refractivity contribution in [3.63, 3.8) is 0 Å². The first-order chi connectivity index (χ1) is 7.74. The predicted molar refractivity (Wildman–Crippen MR) is 66.3 cm³/mol. The number of aromatic nitrogens is 1. The molecule has 3 N–H and O–H groups in total. The van der Waals surface area contributed by atoms with Crippen LogP contribution < -0.4 is 5.73 Å². The highest BCUT2D eigenvalue weighted by Gasteiger charge is 1.97. The van der Waals surface area contributed by atoms with Crippen molar-refractivity contribution in [1.29, 1.82) is 0 Å². The van der Waals surface area contributed by atoms with Crippen molar-refractivity contribution in [2.45, 2.75) is 10.8 Å². The van der Waals surface area contributed by atoms with E-state index in [4.69, 9.17) is 10.8 Å². The topological polar surface area (TPSA) is 59.1 Å². The molecule has 82 valence electrons. The Labute approximate surface area is 98.3 Å². The Morgan fingerprint density at radius 3 is 2.50 bits per heavy atom. The predicted octanol–water partition coefficient (Wildman–Crippen LogP) is 2.66. The van der Waals surface area contributed by atoms with Crippen LogP contribution in [0.1, 0.15) is 5.56 Å². The van der Waals surface area contributed by atoms with Gasteiger partial charge in [-0.3, -0.25) is 0 Å². The summed E-state index contributed by atoms with van der Waals surface area (Å²) in [5.74, 6) is 1.12. The molecule has 0 aliphatic carbocycles. The van der Waals surface area contributed by atoms with Crippen LogP contribution in [-0.4, -0.2) is 10.1 Å². The molecule has 1 aromatic heterocycles. The molecular formula is C12H12N2OS. The summed E-state index contributed by atoms with van der Waals surface area (Å²) in [6.45, 7) is 0. The van der Waals surface area contributed by atoms with Gasteiger partial charge in [0.05, 0.1) is 16.9 Å². The summed E-state index contributed by atoms with van der Waals surface area (Å²) in [4.78, 5) is 4.20. The standard InChI is InChI=1S/C12H12N2OS/c13-10-3-6-12(14-7-10)16-8-9-1-4-11(15)5-2-9/h1-7,15H,8,13H2. The van der Waals surface area contributed by atoms with Crippen LogP contribution in [0, 0.1) is 0 Å². The fourth-order valence-corrected chi connectivity index (χ4v) is 2.03. The number of rotatable bonds is 3. The van der Waals surface area contributed by atoms with Crippen LogP contribution in [-0.2, 0) is 5.75 Å². The number of aromatic hydroxyl groups is 1. The zero-order chi connectivity index (χ0) is 11.4. The third kappa shape index (κ3) is 2.90. The molecule has 0 amide bonds. The van der Waals surface area contributed by atoms with E-state index in [2.05, 4.69) is 4.98 Å². The summed E-state index contributed by atoms with van der Waals surface area (Å²) in [5, 5.41) is 10.1. The van der Waals surface area contributed by atoms with E-state index in [0.29, 0.717) is 11.4 Å². The fourth-order valence-electron chi connectivity index (χ4n) is 1.23. The van der Waals surface area contributed by atoms with Gasteiger partial charge in [0.15, 0.2) is 0 Å². The molecule has 0 radical (unpaired) electrons. The summed E-state index contributed by atoms with van der Waals surface area (Å²) in [6, 6.07) is 10.9. The molecule has 16 heavy (non-hydrogen) atoms. The number of hydrogen-bond donors (Lipinski definition) is 2. The van der Waals surface area contributed by atoms with E-state index >= 15 is 0 Å². The van der Waals surface area contributed by atoms with E-state index in [1.807, 2.05) is 24.3 Å². The van der Waals surface area contributed by atoms with Gasteiger partial charge in [-0.15, -0.1) is 11.8 Å². The normalized spacial score (nSPS) is 10.2. The van der Waals surface area contributed by atoms with Crippen LogP contribution in [0.2, 0.25) is 0 Å². The van der Waals surface area contributed by atoms with Gasteiger partial charge in [0, 0.05) is 5.75 Å². The Hall–Kier alpha value is -1.68. The van der Waals surface area contributed by atoms with Crippen molar-refractivity contribution >= 4 is 17.4 Å². The zero-order valence-electron chi connectivity index (χ0n) is 8.63. The van der Waals surface area contributed by atoms with Crippen molar-refractivity contribution in [3.05, 3.63) is 48.2 Å². The minimum atomic E-state index is 0.291. The Morgan fingerprint density at radius 2 is 1.88 bits per heavy atom. The molecule has 1 aromatic carbocycles. The molecule has 1 heterocycles. The maximum atomic E-state index is 9.14. The van der Waals surface area contributed by atoms with E-state index in [9.17, 15) is 0 Å². The number of nitrogens with two attached hydrogens (primary N) is 1. The van der Waals surface area contributed by atoms with E-state index < -0.39 is 0 Å². The van der Waals surface area contributed by atoms with Gasteiger partial charge in [-0.1, -0.05) is 12.1 Å². The van der Waals surface area contributed by atoms with Crippen molar-refractivity contribution in [1.82, 2.24) is 4.98 Å². The molecule has 0 unspecified atom stereocenters. The van der Waals surface area contributed by atoms with Crippen molar-refractivity contribution in [2.75, 3.05) is 5.73 Å². The molecule has 2 aromatic rings. The summed E-state index contributed by atoms with van der Waals surface area (Å²) < 4.78 is 0. The van der Waals surface area contributed by atoms with Crippen molar-refractivity contribution in [3.8, 4) is 5.75 Å². The molecule has 0 aliphatic rings. The highest BCUT2D eigenvalue weighted by molar-refractivity contribution is 7.98. The van der Waals surface area contributed by atoms with E-state index in [-0.39, 0.29) is 0 Å². The third-order valence-electron chi connectivity index (χ3n) is 2.08. The lowest BCUT2D eigenvalue weighted by Gasteiger charge is -2.01. The average molecular weight is 232 g/mol. The molecule has 0 saturated heterocycles. The van der Waals surface area contributed by atoms with Crippen LogP contribution in [0.4, 0.5) is 5.69 Å².